The molecule has 76 heavy (non-hydrogen) atoms. The van der Waals surface area contributed by atoms with E-state index in [0.29, 0.717) is 25.7 Å². The Morgan fingerprint density at radius 2 is 0.684 bits per heavy atom. The number of unbranched alkanes of at least 4 members (excludes halogenated alkanes) is 31. The van der Waals surface area contributed by atoms with Crippen molar-refractivity contribution in [2.24, 2.45) is 0 Å². The van der Waals surface area contributed by atoms with Gasteiger partial charge in [-0.05, 0) is 57.8 Å². The molecule has 0 amide bonds. The van der Waals surface area contributed by atoms with E-state index >= 15 is 0 Å². The SMILES string of the molecule is CC/C=C\C/C=C\C/C=C\C/C=C\C/C=C\CCCC(=O)OC(CO)COP(=O)(O)OCC(COC(=O)CCCCCCCCCCCCCCC)OC(=O)CCCCCCCCCCCCCCCCCCCCC. The number of carbonyl (C=O) groups excluding carboxylic acids is 3. The Morgan fingerprint density at radius 3 is 1.05 bits per heavy atom. The molecular formula is C64H115O11P. The molecule has 0 aliphatic carbocycles. The second kappa shape index (κ2) is 58.3. The average molecular weight is 1090 g/mol. The first-order valence-corrected chi connectivity index (χ1v) is 32.7. The van der Waals surface area contributed by atoms with E-state index in [0.717, 1.165) is 70.6 Å². The third-order valence-corrected chi connectivity index (χ3v) is 14.4. The summed E-state index contributed by atoms with van der Waals surface area (Å²) < 4.78 is 39.6. The monoisotopic (exact) mass is 1090 g/mol. The van der Waals surface area contributed by atoms with Crippen molar-refractivity contribution in [1.29, 1.82) is 0 Å². The van der Waals surface area contributed by atoms with Crippen LogP contribution in [0, 0.1) is 0 Å². The van der Waals surface area contributed by atoms with Gasteiger partial charge in [-0.3, -0.25) is 23.4 Å². The molecule has 0 saturated heterocycles. The second-order valence-electron chi connectivity index (χ2n) is 20.9. The zero-order valence-corrected chi connectivity index (χ0v) is 49.9. The first-order chi connectivity index (χ1) is 37.2. The van der Waals surface area contributed by atoms with E-state index in [4.69, 9.17) is 23.3 Å². The number of phosphoric ester groups is 1. The molecule has 0 aliphatic heterocycles. The zero-order chi connectivity index (χ0) is 55.5. The number of allylic oxidation sites excluding steroid dienone is 10. The van der Waals surface area contributed by atoms with Gasteiger partial charge in [-0.25, -0.2) is 4.57 Å². The van der Waals surface area contributed by atoms with Gasteiger partial charge in [-0.15, -0.1) is 0 Å². The van der Waals surface area contributed by atoms with Gasteiger partial charge in [0, 0.05) is 19.3 Å². The molecule has 0 rings (SSSR count). The summed E-state index contributed by atoms with van der Waals surface area (Å²) in [4.78, 5) is 48.6. The fraction of sp³-hybridized carbons (Fsp3) is 0.797. The van der Waals surface area contributed by atoms with Crippen molar-refractivity contribution in [3.63, 3.8) is 0 Å². The minimum Gasteiger partial charge on any atom is -0.462 e. The van der Waals surface area contributed by atoms with Crippen LogP contribution in [0.4, 0.5) is 0 Å². The van der Waals surface area contributed by atoms with Crippen molar-refractivity contribution in [2.75, 3.05) is 26.4 Å². The Morgan fingerprint density at radius 1 is 0.382 bits per heavy atom. The first kappa shape index (κ1) is 73.2. The minimum absolute atomic E-state index is 0.1000. The molecule has 0 bridgehead atoms. The Kier molecular flexibility index (Phi) is 56.2. The largest absolute Gasteiger partial charge is 0.472 e. The van der Waals surface area contributed by atoms with E-state index in [2.05, 4.69) is 69.4 Å². The summed E-state index contributed by atoms with van der Waals surface area (Å²) in [6.07, 6.45) is 64.7. The van der Waals surface area contributed by atoms with E-state index in [1.54, 1.807) is 0 Å². The van der Waals surface area contributed by atoms with Crippen molar-refractivity contribution < 1.29 is 52.2 Å². The Hall–Kier alpha value is -2.82. The minimum atomic E-state index is -4.76. The van der Waals surface area contributed by atoms with E-state index in [-0.39, 0.29) is 25.9 Å². The molecule has 3 atom stereocenters. The number of rotatable bonds is 58. The fourth-order valence-electron chi connectivity index (χ4n) is 8.75. The van der Waals surface area contributed by atoms with Crippen LogP contribution in [0.25, 0.3) is 0 Å². The van der Waals surface area contributed by atoms with Crippen molar-refractivity contribution in [3.05, 3.63) is 60.8 Å². The number of carbonyl (C=O) groups is 3. The molecule has 442 valence electrons. The lowest BCUT2D eigenvalue weighted by molar-refractivity contribution is -0.161. The van der Waals surface area contributed by atoms with E-state index in [9.17, 15) is 28.9 Å². The van der Waals surface area contributed by atoms with E-state index < -0.39 is 57.8 Å². The molecule has 0 spiro atoms. The molecule has 0 aromatic heterocycles. The van der Waals surface area contributed by atoms with Crippen LogP contribution in [-0.4, -0.2) is 66.5 Å². The van der Waals surface area contributed by atoms with E-state index in [1.165, 1.54) is 154 Å². The van der Waals surface area contributed by atoms with Crippen LogP contribution in [0.3, 0.4) is 0 Å². The van der Waals surface area contributed by atoms with Gasteiger partial charge in [0.1, 0.15) is 12.7 Å². The van der Waals surface area contributed by atoms with Crippen LogP contribution in [0.1, 0.15) is 290 Å². The van der Waals surface area contributed by atoms with Crippen LogP contribution in [0.5, 0.6) is 0 Å². The van der Waals surface area contributed by atoms with Gasteiger partial charge in [0.2, 0.25) is 0 Å². The number of hydrogen-bond acceptors (Lipinski definition) is 10. The van der Waals surface area contributed by atoms with E-state index in [1.807, 2.05) is 12.2 Å². The maximum Gasteiger partial charge on any atom is 0.472 e. The maximum atomic E-state index is 12.9. The zero-order valence-electron chi connectivity index (χ0n) is 49.0. The molecule has 11 nitrogen and oxygen atoms in total. The summed E-state index contributed by atoms with van der Waals surface area (Å²) in [6, 6.07) is 0. The van der Waals surface area contributed by atoms with Crippen molar-refractivity contribution >= 4 is 25.7 Å². The number of hydrogen-bond donors (Lipinski definition) is 2. The predicted molar refractivity (Wildman–Crippen MR) is 316 cm³/mol. The third-order valence-electron chi connectivity index (χ3n) is 13.5. The maximum absolute atomic E-state index is 12.9. The number of esters is 3. The molecule has 0 heterocycles. The molecule has 0 fully saturated rings. The molecule has 12 heteroatoms. The van der Waals surface area contributed by atoms with Crippen LogP contribution in [-0.2, 0) is 42.2 Å². The fourth-order valence-corrected chi connectivity index (χ4v) is 9.53. The standard InChI is InChI=1S/C64H115O11P/c1-4-7-10-13-16-19-22-25-27-29-30-32-34-37-40-43-46-49-52-55-64(68)75-61(57-71-62(66)53-50-47-44-41-38-35-24-21-18-15-12-9-6-3)59-73-76(69,70)72-58-60(56-65)74-63(67)54-51-48-45-42-39-36-33-31-28-26-23-20-17-14-11-8-5-2/h8,11,17,20,26,28,33,36,42,45,60-61,65H,4-7,9-10,12-16,18-19,21-25,27,29-32,34-35,37-41,43-44,46-59H2,1-3H3,(H,69,70)/b11-8-,20-17-,28-26-,36-33-,45-42-. The summed E-state index contributed by atoms with van der Waals surface area (Å²) in [5, 5.41) is 9.83. The van der Waals surface area contributed by atoms with Crippen molar-refractivity contribution in [1.82, 2.24) is 0 Å². The third kappa shape index (κ3) is 55.9. The molecule has 0 aromatic carbocycles. The van der Waals surface area contributed by atoms with Gasteiger partial charge in [-0.2, -0.15) is 0 Å². The summed E-state index contributed by atoms with van der Waals surface area (Å²) >= 11 is 0. The lowest BCUT2D eigenvalue weighted by Gasteiger charge is -2.21. The topological polar surface area (TPSA) is 155 Å². The van der Waals surface area contributed by atoms with Gasteiger partial charge in [0.15, 0.2) is 6.10 Å². The highest BCUT2D eigenvalue weighted by Crippen LogP contribution is 2.43. The van der Waals surface area contributed by atoms with Gasteiger partial charge < -0.3 is 24.2 Å². The summed E-state index contributed by atoms with van der Waals surface area (Å²) in [6.45, 7) is 4.52. The van der Waals surface area contributed by atoms with Crippen LogP contribution in [0.2, 0.25) is 0 Å². The summed E-state index contributed by atoms with van der Waals surface area (Å²) in [5.74, 6) is -1.51. The highest BCUT2D eigenvalue weighted by Gasteiger charge is 2.28. The normalized spacial score (nSPS) is 13.7. The molecule has 0 saturated carbocycles. The van der Waals surface area contributed by atoms with Crippen molar-refractivity contribution in [3.8, 4) is 0 Å². The van der Waals surface area contributed by atoms with Crippen LogP contribution >= 0.6 is 7.82 Å². The van der Waals surface area contributed by atoms with Gasteiger partial charge in [-0.1, -0.05) is 274 Å². The van der Waals surface area contributed by atoms with Crippen molar-refractivity contribution in [2.45, 2.75) is 303 Å². The van der Waals surface area contributed by atoms with Gasteiger partial charge >= 0.3 is 25.7 Å². The number of phosphoric acid groups is 1. The molecule has 2 N–H and O–H groups in total. The smallest absolute Gasteiger partial charge is 0.462 e. The number of aliphatic hydroxyl groups is 1. The summed E-state index contributed by atoms with van der Waals surface area (Å²) in [7, 11) is -4.76. The van der Waals surface area contributed by atoms with Crippen LogP contribution in [0.15, 0.2) is 60.8 Å². The van der Waals surface area contributed by atoms with Gasteiger partial charge in [0.05, 0.1) is 19.8 Å². The lowest BCUT2D eigenvalue weighted by atomic mass is 10.0. The average Bonchev–Trinajstić information content (AvgIpc) is 3.41. The Bertz CT molecular complexity index is 1510. The quantitative estimate of drug-likeness (QED) is 0.0197. The highest BCUT2D eigenvalue weighted by atomic mass is 31.2. The van der Waals surface area contributed by atoms with Crippen LogP contribution < -0.4 is 0 Å². The number of ether oxygens (including phenoxy) is 3. The summed E-state index contributed by atoms with van der Waals surface area (Å²) in [5.41, 5.74) is 0. The molecular weight excluding hydrogens is 976 g/mol. The highest BCUT2D eigenvalue weighted by molar-refractivity contribution is 7.47. The first-order valence-electron chi connectivity index (χ1n) is 31.2. The molecule has 0 radical (unpaired) electrons. The molecule has 0 aliphatic rings. The predicted octanol–water partition coefficient (Wildman–Crippen LogP) is 18.7. The Labute approximate surface area is 465 Å². The van der Waals surface area contributed by atoms with Gasteiger partial charge in [0.25, 0.3) is 0 Å². The molecule has 0 aromatic rings. The number of aliphatic hydroxyl groups excluding tert-OH is 1. The Balaban J connectivity index is 4.70. The molecule has 3 unspecified atom stereocenters. The second-order valence-corrected chi connectivity index (χ2v) is 22.3. The lowest BCUT2D eigenvalue weighted by Crippen LogP contribution is -2.30.